The molecule has 0 aliphatic rings. The van der Waals surface area contributed by atoms with Crippen LogP contribution in [0.15, 0.2) is 16.7 Å². The van der Waals surface area contributed by atoms with Crippen molar-refractivity contribution >= 4 is 28.4 Å². The van der Waals surface area contributed by atoms with E-state index >= 15 is 0 Å². The minimum atomic E-state index is -0.319. The molecule has 0 fully saturated rings. The van der Waals surface area contributed by atoms with Gasteiger partial charge in [0.15, 0.2) is 11.0 Å². The molecule has 2 N–H and O–H groups in total. The average molecular weight is 416 g/mol. The minimum Gasteiger partial charge on any atom is -0.446 e. The van der Waals surface area contributed by atoms with Gasteiger partial charge >= 0.3 is 6.03 Å². The third-order valence-corrected chi connectivity index (χ3v) is 5.16. The Labute approximate surface area is 173 Å². The Morgan fingerprint density at radius 3 is 2.72 bits per heavy atom. The number of nitrogens with zero attached hydrogens (tertiary/aromatic N) is 5. The van der Waals surface area contributed by atoms with Crippen molar-refractivity contribution < 1.29 is 9.21 Å². The van der Waals surface area contributed by atoms with Crippen LogP contribution in [0.4, 0.5) is 15.9 Å². The van der Waals surface area contributed by atoms with E-state index in [-0.39, 0.29) is 6.03 Å². The molecule has 0 spiro atoms. The van der Waals surface area contributed by atoms with Gasteiger partial charge in [-0.15, -0.1) is 0 Å². The fourth-order valence-corrected chi connectivity index (χ4v) is 3.53. The second kappa shape index (κ2) is 8.99. The Morgan fingerprint density at radius 2 is 2.03 bits per heavy atom. The van der Waals surface area contributed by atoms with E-state index in [1.165, 1.54) is 11.3 Å². The number of oxazole rings is 1. The van der Waals surface area contributed by atoms with Crippen LogP contribution in [0.3, 0.4) is 0 Å². The largest absolute Gasteiger partial charge is 0.446 e. The molecular formula is C19H25N7O2S. The number of rotatable bonds is 7. The number of amides is 2. The fourth-order valence-electron chi connectivity index (χ4n) is 2.61. The van der Waals surface area contributed by atoms with Gasteiger partial charge in [0.2, 0.25) is 5.95 Å². The van der Waals surface area contributed by atoms with Crippen LogP contribution in [0.5, 0.6) is 0 Å². The third-order valence-electron chi connectivity index (χ3n) is 4.07. The maximum absolute atomic E-state index is 12.2. The number of carbonyl (C=O) groups is 1. The molecule has 0 aliphatic heterocycles. The summed E-state index contributed by atoms with van der Waals surface area (Å²) in [5, 5.41) is 6.09. The van der Waals surface area contributed by atoms with Gasteiger partial charge in [-0.05, 0) is 19.9 Å². The van der Waals surface area contributed by atoms with Crippen molar-refractivity contribution in [3.63, 3.8) is 0 Å². The smallest absolute Gasteiger partial charge is 0.321 e. The second-order valence-corrected chi connectivity index (χ2v) is 7.73. The van der Waals surface area contributed by atoms with Crippen LogP contribution in [0.25, 0.3) is 10.6 Å². The lowest BCUT2D eigenvalue weighted by molar-refractivity contribution is 0.252. The molecule has 3 heterocycles. The van der Waals surface area contributed by atoms with E-state index in [4.69, 9.17) is 4.42 Å². The molecule has 0 aliphatic carbocycles. The lowest BCUT2D eigenvalue weighted by Crippen LogP contribution is -2.30. The van der Waals surface area contributed by atoms with Crippen molar-refractivity contribution in [1.82, 2.24) is 25.3 Å². The number of anilines is 2. The Bertz CT molecular complexity index is 996. The summed E-state index contributed by atoms with van der Waals surface area (Å²) in [4.78, 5) is 32.6. The second-order valence-electron chi connectivity index (χ2n) is 6.73. The summed E-state index contributed by atoms with van der Waals surface area (Å²) in [5.74, 6) is 2.09. The van der Waals surface area contributed by atoms with Gasteiger partial charge < -0.3 is 14.6 Å². The first-order valence-corrected chi connectivity index (χ1v) is 10.2. The predicted molar refractivity (Wildman–Crippen MR) is 114 cm³/mol. The first-order valence-electron chi connectivity index (χ1n) is 9.35. The zero-order valence-corrected chi connectivity index (χ0v) is 18.1. The van der Waals surface area contributed by atoms with E-state index < -0.39 is 0 Å². The number of hydrogen-bond donors (Lipinski definition) is 2. The normalized spacial score (nSPS) is 10.8. The van der Waals surface area contributed by atoms with E-state index in [1.54, 1.807) is 6.20 Å². The number of aryl methyl sites for hydroxylation is 3. The van der Waals surface area contributed by atoms with Crippen molar-refractivity contribution in [2.24, 2.45) is 0 Å². The van der Waals surface area contributed by atoms with E-state index in [2.05, 4.69) is 30.6 Å². The predicted octanol–water partition coefficient (Wildman–Crippen LogP) is 3.20. The van der Waals surface area contributed by atoms with Gasteiger partial charge in [-0.1, -0.05) is 18.3 Å². The highest BCUT2D eigenvalue weighted by atomic mass is 32.1. The Kier molecular flexibility index (Phi) is 6.42. The first-order chi connectivity index (χ1) is 13.9. The zero-order valence-electron chi connectivity index (χ0n) is 17.2. The molecule has 0 saturated carbocycles. The third kappa shape index (κ3) is 5.29. The molecule has 0 bridgehead atoms. The Morgan fingerprint density at radius 1 is 1.24 bits per heavy atom. The summed E-state index contributed by atoms with van der Waals surface area (Å²) in [6, 6.07) is 1.60. The van der Waals surface area contributed by atoms with Crippen molar-refractivity contribution in [2.45, 2.75) is 33.6 Å². The Hall–Kier alpha value is -3.01. The number of aromatic nitrogens is 4. The van der Waals surface area contributed by atoms with Gasteiger partial charge in [-0.2, -0.15) is 0 Å². The minimum absolute atomic E-state index is 0.319. The van der Waals surface area contributed by atoms with Crippen LogP contribution >= 0.6 is 11.3 Å². The summed E-state index contributed by atoms with van der Waals surface area (Å²) < 4.78 is 5.53. The summed E-state index contributed by atoms with van der Waals surface area (Å²) >= 11 is 1.38. The average Bonchev–Trinajstić information content (AvgIpc) is 3.27. The van der Waals surface area contributed by atoms with Crippen LogP contribution in [0.1, 0.15) is 30.0 Å². The topological polar surface area (TPSA) is 109 Å². The molecule has 3 rings (SSSR count). The Balaban J connectivity index is 1.62. The number of carbonyl (C=O) groups excluding carboxylic acids is 1. The molecule has 0 aromatic carbocycles. The zero-order chi connectivity index (χ0) is 21.0. The molecule has 154 valence electrons. The van der Waals surface area contributed by atoms with Crippen molar-refractivity contribution in [1.29, 1.82) is 0 Å². The van der Waals surface area contributed by atoms with Gasteiger partial charge in [0.05, 0.1) is 22.5 Å². The van der Waals surface area contributed by atoms with Gasteiger partial charge in [0, 0.05) is 39.2 Å². The van der Waals surface area contributed by atoms with Crippen LogP contribution < -0.4 is 15.5 Å². The molecule has 29 heavy (non-hydrogen) atoms. The van der Waals surface area contributed by atoms with Crippen LogP contribution in [0, 0.1) is 13.8 Å². The summed E-state index contributed by atoms with van der Waals surface area (Å²) in [5.41, 5.74) is 2.47. The highest BCUT2D eigenvalue weighted by Gasteiger charge is 2.15. The van der Waals surface area contributed by atoms with Gasteiger partial charge in [0.1, 0.15) is 5.76 Å². The molecule has 3 aromatic rings. The molecule has 0 atom stereocenters. The molecule has 10 heteroatoms. The molecule has 2 amide bonds. The van der Waals surface area contributed by atoms with Crippen LogP contribution in [0.2, 0.25) is 0 Å². The standard InChI is InChI=1S/C19H25N7O2S/c1-6-13-10-21-15(28-13)7-8-20-18(27)25-19-23-12(3)16(29-19)14-9-11(2)22-17(24-14)26(4)5/h9-10H,6-8H2,1-5H3,(H2,20,23,25,27). The van der Waals surface area contributed by atoms with E-state index in [9.17, 15) is 4.79 Å². The summed E-state index contributed by atoms with van der Waals surface area (Å²) in [7, 11) is 3.80. The maximum atomic E-state index is 12.2. The van der Waals surface area contributed by atoms with Crippen LogP contribution in [-0.4, -0.2) is 46.6 Å². The first kappa shape index (κ1) is 20.7. The highest BCUT2D eigenvalue weighted by Crippen LogP contribution is 2.32. The van der Waals surface area contributed by atoms with Crippen molar-refractivity contribution in [2.75, 3.05) is 30.9 Å². The molecule has 9 nitrogen and oxygen atoms in total. The number of thiazole rings is 1. The monoisotopic (exact) mass is 415 g/mol. The molecule has 3 aromatic heterocycles. The van der Waals surface area contributed by atoms with Crippen LogP contribution in [-0.2, 0) is 12.8 Å². The van der Waals surface area contributed by atoms with E-state index in [0.717, 1.165) is 34.1 Å². The number of urea groups is 1. The highest BCUT2D eigenvalue weighted by molar-refractivity contribution is 7.19. The van der Waals surface area contributed by atoms with Crippen molar-refractivity contribution in [3.8, 4) is 10.6 Å². The molecule has 0 saturated heterocycles. The number of nitrogens with one attached hydrogen (secondary N) is 2. The molecule has 0 unspecified atom stereocenters. The van der Waals surface area contributed by atoms with Gasteiger partial charge in [0.25, 0.3) is 0 Å². The maximum Gasteiger partial charge on any atom is 0.321 e. The summed E-state index contributed by atoms with van der Waals surface area (Å²) in [6.07, 6.45) is 3.05. The summed E-state index contributed by atoms with van der Waals surface area (Å²) in [6.45, 7) is 6.25. The van der Waals surface area contributed by atoms with E-state index in [1.807, 2.05) is 45.8 Å². The quantitative estimate of drug-likeness (QED) is 0.610. The van der Waals surface area contributed by atoms with Gasteiger partial charge in [-0.3, -0.25) is 5.32 Å². The van der Waals surface area contributed by atoms with E-state index in [0.29, 0.717) is 29.9 Å². The molecular weight excluding hydrogens is 390 g/mol. The van der Waals surface area contributed by atoms with Gasteiger partial charge in [-0.25, -0.2) is 24.7 Å². The fraction of sp³-hybridized carbons (Fsp3) is 0.421. The number of hydrogen-bond acceptors (Lipinski definition) is 8. The molecule has 0 radical (unpaired) electrons. The van der Waals surface area contributed by atoms with Crippen molar-refractivity contribution in [3.05, 3.63) is 35.3 Å². The SMILES string of the molecule is CCc1cnc(CCNC(=O)Nc2nc(C)c(-c3cc(C)nc(N(C)C)n3)s2)o1. The lowest BCUT2D eigenvalue weighted by atomic mass is 10.2. The lowest BCUT2D eigenvalue weighted by Gasteiger charge is -2.11.